The number of carbonyl (C=O) groups is 2. The highest BCUT2D eigenvalue weighted by Gasteiger charge is 2.23. The number of amides is 2. The van der Waals surface area contributed by atoms with E-state index in [1.54, 1.807) is 18.2 Å². The Bertz CT molecular complexity index is 873. The molecule has 1 fully saturated rings. The first-order valence-corrected chi connectivity index (χ1v) is 9.68. The van der Waals surface area contributed by atoms with Gasteiger partial charge in [-0.1, -0.05) is 11.6 Å². The number of benzene rings is 1. The predicted octanol–water partition coefficient (Wildman–Crippen LogP) is 2.59. The summed E-state index contributed by atoms with van der Waals surface area (Å²) in [6.07, 6.45) is 4.05. The molecule has 0 unspecified atom stereocenters. The molecule has 27 heavy (non-hydrogen) atoms. The van der Waals surface area contributed by atoms with E-state index < -0.39 is 0 Å². The van der Waals surface area contributed by atoms with Crippen LogP contribution >= 0.6 is 11.6 Å². The van der Waals surface area contributed by atoms with Crippen LogP contribution in [0.25, 0.3) is 0 Å². The van der Waals surface area contributed by atoms with E-state index in [0.717, 1.165) is 56.6 Å². The van der Waals surface area contributed by atoms with Gasteiger partial charge in [0, 0.05) is 49.5 Å². The Morgan fingerprint density at radius 2 is 2.00 bits per heavy atom. The van der Waals surface area contributed by atoms with Gasteiger partial charge < -0.3 is 15.5 Å². The van der Waals surface area contributed by atoms with Crippen molar-refractivity contribution in [3.05, 3.63) is 45.7 Å². The van der Waals surface area contributed by atoms with Crippen LogP contribution in [0, 0.1) is 0 Å². The van der Waals surface area contributed by atoms with Crippen LogP contribution in [0.1, 0.15) is 51.4 Å². The van der Waals surface area contributed by atoms with Gasteiger partial charge >= 0.3 is 0 Å². The number of aromatic nitrogens is 2. The van der Waals surface area contributed by atoms with Crippen LogP contribution in [0.5, 0.6) is 0 Å². The number of nitrogens with zero attached hydrogens (tertiary/aromatic N) is 2. The van der Waals surface area contributed by atoms with Crippen LogP contribution < -0.4 is 10.6 Å². The molecule has 2 aromatic rings. The lowest BCUT2D eigenvalue weighted by Crippen LogP contribution is -2.35. The molecule has 0 saturated carbocycles. The first kappa shape index (κ1) is 18.0. The van der Waals surface area contributed by atoms with Gasteiger partial charge in [-0.25, -0.2) is 0 Å². The number of halogens is 1. The highest BCUT2D eigenvalue weighted by Crippen LogP contribution is 2.25. The van der Waals surface area contributed by atoms with Crippen molar-refractivity contribution in [2.75, 3.05) is 25.0 Å². The number of rotatable bonds is 3. The molecule has 3 heterocycles. The van der Waals surface area contributed by atoms with Gasteiger partial charge in [-0.2, -0.15) is 5.10 Å². The highest BCUT2D eigenvalue weighted by molar-refractivity contribution is 6.34. The third-order valence-corrected chi connectivity index (χ3v) is 5.43. The quantitative estimate of drug-likeness (QED) is 0.755. The fourth-order valence-corrected chi connectivity index (χ4v) is 3.90. The Morgan fingerprint density at radius 1 is 1.19 bits per heavy atom. The monoisotopic (exact) mass is 387 g/mol. The lowest BCUT2D eigenvalue weighted by atomic mass is 10.1. The van der Waals surface area contributed by atoms with Crippen molar-refractivity contribution in [3.63, 3.8) is 0 Å². The molecule has 0 radical (unpaired) electrons. The fraction of sp³-hybridized carbons (Fsp3) is 0.421. The van der Waals surface area contributed by atoms with E-state index in [-0.39, 0.29) is 11.8 Å². The topological polar surface area (TPSA) is 90.1 Å². The maximum atomic E-state index is 12.6. The summed E-state index contributed by atoms with van der Waals surface area (Å²) in [6, 6.07) is 5.00. The summed E-state index contributed by atoms with van der Waals surface area (Å²) in [5.74, 6) is -0.340. The van der Waals surface area contributed by atoms with Crippen molar-refractivity contribution < 1.29 is 9.59 Å². The summed E-state index contributed by atoms with van der Waals surface area (Å²) in [5.41, 5.74) is 3.31. The van der Waals surface area contributed by atoms with Gasteiger partial charge in [0.2, 0.25) is 0 Å². The first-order valence-electron chi connectivity index (χ1n) is 9.30. The van der Waals surface area contributed by atoms with Crippen LogP contribution in [0.2, 0.25) is 5.02 Å². The molecule has 7 nitrogen and oxygen atoms in total. The standard InChI is InChI=1S/C19H22ClN5O2/c20-15-10-12(4-5-13(15)19(27)25-8-2-1-3-9-25)22-18(26)17-14-11-21-7-6-16(14)23-24-17/h4-5,10,21H,1-3,6-9,11H2,(H,22,26)(H,23,24). The van der Waals surface area contributed by atoms with Gasteiger partial charge in [-0.05, 0) is 37.5 Å². The summed E-state index contributed by atoms with van der Waals surface area (Å²) >= 11 is 6.34. The van der Waals surface area contributed by atoms with Crippen LogP contribution in [-0.4, -0.2) is 46.5 Å². The maximum absolute atomic E-state index is 12.6. The molecule has 2 aliphatic rings. The molecule has 8 heteroatoms. The minimum absolute atomic E-state index is 0.0509. The van der Waals surface area contributed by atoms with Crippen LogP contribution in [0.15, 0.2) is 18.2 Å². The third-order valence-electron chi connectivity index (χ3n) is 5.12. The molecule has 0 atom stereocenters. The molecule has 0 bridgehead atoms. The second-order valence-corrected chi connectivity index (χ2v) is 7.36. The summed E-state index contributed by atoms with van der Waals surface area (Å²) in [5, 5.41) is 13.5. The molecule has 1 aromatic carbocycles. The molecular formula is C19H22ClN5O2. The Morgan fingerprint density at radius 3 is 2.78 bits per heavy atom. The molecule has 1 aromatic heterocycles. The van der Waals surface area contributed by atoms with Crippen LogP contribution in [0.4, 0.5) is 5.69 Å². The van der Waals surface area contributed by atoms with E-state index in [1.807, 2.05) is 4.90 Å². The number of hydrogen-bond donors (Lipinski definition) is 3. The van der Waals surface area contributed by atoms with Gasteiger partial charge in [0.1, 0.15) is 0 Å². The lowest BCUT2D eigenvalue weighted by Gasteiger charge is -2.27. The molecular weight excluding hydrogens is 366 g/mol. The number of anilines is 1. The van der Waals surface area contributed by atoms with Crippen molar-refractivity contribution >= 4 is 29.1 Å². The molecule has 4 rings (SSSR count). The lowest BCUT2D eigenvalue weighted by molar-refractivity contribution is 0.0724. The summed E-state index contributed by atoms with van der Waals surface area (Å²) in [6.45, 7) is 3.04. The molecule has 0 spiro atoms. The van der Waals surface area contributed by atoms with E-state index in [4.69, 9.17) is 11.6 Å². The summed E-state index contributed by atoms with van der Waals surface area (Å²) < 4.78 is 0. The van der Waals surface area contributed by atoms with Gasteiger partial charge in [0.15, 0.2) is 5.69 Å². The smallest absolute Gasteiger partial charge is 0.276 e. The SMILES string of the molecule is O=C(Nc1ccc(C(=O)N2CCCCC2)c(Cl)c1)c1n[nH]c2c1CNCC2. The largest absolute Gasteiger partial charge is 0.339 e. The van der Waals surface area contributed by atoms with Crippen molar-refractivity contribution in [1.82, 2.24) is 20.4 Å². The number of nitrogens with one attached hydrogen (secondary N) is 3. The number of likely N-dealkylation sites (tertiary alicyclic amines) is 1. The van der Waals surface area contributed by atoms with E-state index >= 15 is 0 Å². The van der Waals surface area contributed by atoms with Gasteiger partial charge in [-0.15, -0.1) is 0 Å². The number of carbonyl (C=O) groups excluding carboxylic acids is 2. The Hall–Kier alpha value is -2.38. The minimum Gasteiger partial charge on any atom is -0.339 e. The second-order valence-electron chi connectivity index (χ2n) is 6.96. The third kappa shape index (κ3) is 3.70. The summed E-state index contributed by atoms with van der Waals surface area (Å²) in [4.78, 5) is 27.1. The maximum Gasteiger partial charge on any atom is 0.276 e. The van der Waals surface area contributed by atoms with E-state index in [0.29, 0.717) is 28.5 Å². The van der Waals surface area contributed by atoms with Crippen molar-refractivity contribution in [1.29, 1.82) is 0 Å². The number of hydrogen-bond acceptors (Lipinski definition) is 4. The second kappa shape index (κ2) is 7.70. The van der Waals surface area contributed by atoms with Gasteiger partial charge in [-0.3, -0.25) is 14.7 Å². The van der Waals surface area contributed by atoms with Gasteiger partial charge in [0.25, 0.3) is 11.8 Å². The zero-order chi connectivity index (χ0) is 18.8. The van der Waals surface area contributed by atoms with Crippen molar-refractivity contribution in [3.8, 4) is 0 Å². The average molecular weight is 388 g/mol. The van der Waals surface area contributed by atoms with Crippen molar-refractivity contribution in [2.45, 2.75) is 32.2 Å². The molecule has 2 aliphatic heterocycles. The zero-order valence-corrected chi connectivity index (χ0v) is 15.7. The first-order chi connectivity index (χ1) is 13.1. The molecule has 2 amide bonds. The van der Waals surface area contributed by atoms with Crippen LogP contribution in [-0.2, 0) is 13.0 Å². The average Bonchev–Trinajstić information content (AvgIpc) is 3.12. The number of fused-ring (bicyclic) bond motifs is 1. The van der Waals surface area contributed by atoms with E-state index in [2.05, 4.69) is 20.8 Å². The zero-order valence-electron chi connectivity index (χ0n) is 15.0. The van der Waals surface area contributed by atoms with Crippen molar-refractivity contribution in [2.24, 2.45) is 0 Å². The molecule has 1 saturated heterocycles. The Kier molecular flexibility index (Phi) is 5.13. The number of piperidine rings is 1. The Balaban J connectivity index is 1.48. The fourth-order valence-electron chi connectivity index (χ4n) is 3.64. The molecule has 0 aliphatic carbocycles. The normalized spacial score (nSPS) is 16.7. The van der Waals surface area contributed by atoms with E-state index in [9.17, 15) is 9.59 Å². The predicted molar refractivity (Wildman–Crippen MR) is 103 cm³/mol. The molecule has 142 valence electrons. The van der Waals surface area contributed by atoms with Gasteiger partial charge in [0.05, 0.1) is 10.6 Å². The van der Waals surface area contributed by atoms with E-state index in [1.165, 1.54) is 0 Å². The highest BCUT2D eigenvalue weighted by atomic mass is 35.5. The Labute approximate surface area is 162 Å². The summed E-state index contributed by atoms with van der Waals surface area (Å²) in [7, 11) is 0. The number of aromatic amines is 1. The molecule has 3 N–H and O–H groups in total. The number of H-pyrrole nitrogens is 1. The van der Waals surface area contributed by atoms with Crippen LogP contribution in [0.3, 0.4) is 0 Å². The minimum atomic E-state index is -0.289.